The molecule has 1 atom stereocenters. The normalized spacial score (nSPS) is 16.1. The van der Waals surface area contributed by atoms with Crippen molar-refractivity contribution in [3.63, 3.8) is 0 Å². The van der Waals surface area contributed by atoms with Crippen LogP contribution in [0.5, 0.6) is 0 Å². The molecule has 0 radical (unpaired) electrons. The molecule has 0 N–H and O–H groups in total. The summed E-state index contributed by atoms with van der Waals surface area (Å²) in [5.74, 6) is 1.46. The molecule has 1 unspecified atom stereocenters. The highest BCUT2D eigenvalue weighted by Crippen LogP contribution is 2.36. The minimum Gasteiger partial charge on any atom is -0.287 e. The quantitative estimate of drug-likeness (QED) is 0.302. The Hall–Kier alpha value is -2.45. The van der Waals surface area contributed by atoms with Crippen LogP contribution < -0.4 is 11.1 Å². The lowest BCUT2D eigenvalue weighted by atomic mass is 9.89. The van der Waals surface area contributed by atoms with E-state index in [-0.39, 0.29) is 11.1 Å². The zero-order valence-corrected chi connectivity index (χ0v) is 21.1. The van der Waals surface area contributed by atoms with E-state index in [4.69, 9.17) is 4.98 Å². The van der Waals surface area contributed by atoms with Crippen LogP contribution in [0.3, 0.4) is 0 Å². The molecule has 4 heterocycles. The number of thiophene rings is 1. The summed E-state index contributed by atoms with van der Waals surface area (Å²) in [4.78, 5) is 38.0. The zero-order valence-electron chi connectivity index (χ0n) is 19.4. The van der Waals surface area contributed by atoms with Crippen molar-refractivity contribution in [3.05, 3.63) is 66.8 Å². The Balaban J connectivity index is 1.55. The molecule has 172 valence electrons. The second kappa shape index (κ2) is 8.72. The van der Waals surface area contributed by atoms with Crippen molar-refractivity contribution in [1.82, 2.24) is 18.9 Å². The van der Waals surface area contributed by atoms with Crippen LogP contribution in [0.4, 0.5) is 0 Å². The number of fused-ring (bicyclic) bond motifs is 4. The lowest BCUT2D eigenvalue weighted by Crippen LogP contribution is -2.26. The molecule has 1 aliphatic carbocycles. The maximum absolute atomic E-state index is 13.6. The maximum Gasteiger partial charge on any atom is 0.263 e. The molecule has 0 fully saturated rings. The maximum atomic E-state index is 13.6. The fourth-order valence-corrected chi connectivity index (χ4v) is 6.83. The minimum absolute atomic E-state index is 0.0745. The minimum atomic E-state index is -0.0985. The molecule has 0 spiro atoms. The van der Waals surface area contributed by atoms with Gasteiger partial charge in [0.2, 0.25) is 0 Å². The van der Waals surface area contributed by atoms with E-state index in [1.165, 1.54) is 22.2 Å². The molecule has 8 heteroatoms. The van der Waals surface area contributed by atoms with Gasteiger partial charge in [-0.25, -0.2) is 9.97 Å². The second-order valence-electron chi connectivity index (χ2n) is 9.54. The highest BCUT2D eigenvalue weighted by Gasteiger charge is 2.25. The lowest BCUT2D eigenvalue weighted by molar-refractivity contribution is 0.474. The monoisotopic (exact) mass is 480 g/mol. The van der Waals surface area contributed by atoms with E-state index in [1.54, 1.807) is 28.0 Å². The van der Waals surface area contributed by atoms with Crippen LogP contribution in [-0.2, 0) is 25.1 Å². The second-order valence-corrected chi connectivity index (χ2v) is 11.6. The van der Waals surface area contributed by atoms with Crippen LogP contribution in [0.2, 0.25) is 0 Å². The van der Waals surface area contributed by atoms with E-state index in [0.717, 1.165) is 35.0 Å². The summed E-state index contributed by atoms with van der Waals surface area (Å²) < 4.78 is 3.39. The van der Waals surface area contributed by atoms with Crippen molar-refractivity contribution in [2.24, 2.45) is 11.8 Å². The SMILES string of the molecule is Cc1ccn2c(=O)cc(CSc3nc4sc5c(c4c(=O)n3CC(C)C)CCC(C)C5)nc2c1. The summed E-state index contributed by atoms with van der Waals surface area (Å²) in [7, 11) is 0. The van der Waals surface area contributed by atoms with Gasteiger partial charge in [0.25, 0.3) is 11.1 Å². The Kier molecular flexibility index (Phi) is 5.91. The molecular formula is C25H28N4O2S2. The number of rotatable bonds is 5. The molecule has 0 aliphatic heterocycles. The van der Waals surface area contributed by atoms with Gasteiger partial charge in [-0.2, -0.15) is 0 Å². The molecule has 6 nitrogen and oxygen atoms in total. The van der Waals surface area contributed by atoms with Crippen molar-refractivity contribution in [2.75, 3.05) is 0 Å². The van der Waals surface area contributed by atoms with Crippen LogP contribution in [-0.4, -0.2) is 18.9 Å². The lowest BCUT2D eigenvalue weighted by Gasteiger charge is -2.18. The third kappa shape index (κ3) is 4.26. The Morgan fingerprint density at radius 3 is 2.85 bits per heavy atom. The molecule has 1 aliphatic rings. The third-order valence-electron chi connectivity index (χ3n) is 6.15. The number of pyridine rings is 1. The van der Waals surface area contributed by atoms with E-state index < -0.39 is 0 Å². The molecule has 5 rings (SSSR count). The van der Waals surface area contributed by atoms with Gasteiger partial charge in [0.15, 0.2) is 5.16 Å². The molecule has 4 aromatic heterocycles. The standard InChI is InChI=1S/C25H28N4O2S2/c1-14(2)12-29-24(31)22-18-6-5-15(3)9-19(18)33-23(22)27-25(29)32-13-17-11-21(30)28-8-7-16(4)10-20(28)26-17/h7-8,10-11,14-15H,5-6,9,12-13H2,1-4H3. The Bertz CT molecular complexity index is 1480. The van der Waals surface area contributed by atoms with Crippen LogP contribution in [0, 0.1) is 18.8 Å². The number of hydrogen-bond acceptors (Lipinski definition) is 6. The number of nitrogens with zero attached hydrogens (tertiary/aromatic N) is 4. The van der Waals surface area contributed by atoms with Crippen LogP contribution in [0.1, 0.15) is 48.9 Å². The largest absolute Gasteiger partial charge is 0.287 e. The van der Waals surface area contributed by atoms with Gasteiger partial charge in [0.05, 0.1) is 11.1 Å². The van der Waals surface area contributed by atoms with Gasteiger partial charge in [0, 0.05) is 29.4 Å². The van der Waals surface area contributed by atoms with Crippen LogP contribution >= 0.6 is 23.1 Å². The summed E-state index contributed by atoms with van der Waals surface area (Å²) in [6.07, 6.45) is 4.88. The van der Waals surface area contributed by atoms with Gasteiger partial charge in [-0.3, -0.25) is 18.6 Å². The number of hydrogen-bond donors (Lipinski definition) is 0. The Morgan fingerprint density at radius 2 is 2.06 bits per heavy atom. The van der Waals surface area contributed by atoms with Crippen molar-refractivity contribution < 1.29 is 0 Å². The first kappa shape index (κ1) is 22.3. The summed E-state index contributed by atoms with van der Waals surface area (Å²) in [5.41, 5.74) is 3.59. The first-order valence-electron chi connectivity index (χ1n) is 11.5. The predicted octanol–water partition coefficient (Wildman–Crippen LogP) is 4.85. The fraction of sp³-hybridized carbons (Fsp3) is 0.440. The van der Waals surface area contributed by atoms with E-state index in [9.17, 15) is 9.59 Å². The molecule has 0 bridgehead atoms. The molecule has 0 aromatic carbocycles. The molecule has 0 amide bonds. The first-order valence-corrected chi connectivity index (χ1v) is 13.3. The van der Waals surface area contributed by atoms with Gasteiger partial charge >= 0.3 is 0 Å². The molecular weight excluding hydrogens is 452 g/mol. The summed E-state index contributed by atoms with van der Waals surface area (Å²) in [5, 5.41) is 1.53. The average Bonchev–Trinajstić information content (AvgIpc) is 3.11. The molecule has 4 aromatic rings. The van der Waals surface area contributed by atoms with Gasteiger partial charge in [-0.1, -0.05) is 32.5 Å². The van der Waals surface area contributed by atoms with E-state index in [1.807, 2.05) is 23.6 Å². The van der Waals surface area contributed by atoms with E-state index in [2.05, 4.69) is 25.8 Å². The predicted molar refractivity (Wildman–Crippen MR) is 136 cm³/mol. The Morgan fingerprint density at radius 1 is 1.24 bits per heavy atom. The van der Waals surface area contributed by atoms with Gasteiger partial charge in [0.1, 0.15) is 10.5 Å². The average molecular weight is 481 g/mol. The summed E-state index contributed by atoms with van der Waals surface area (Å²) in [6.45, 7) is 9.12. The molecule has 0 saturated carbocycles. The zero-order chi connectivity index (χ0) is 23.3. The summed E-state index contributed by atoms with van der Waals surface area (Å²) >= 11 is 3.17. The number of thioether (sulfide) groups is 1. The van der Waals surface area contributed by atoms with Crippen molar-refractivity contribution in [2.45, 2.75) is 64.4 Å². The van der Waals surface area contributed by atoms with Crippen molar-refractivity contribution >= 4 is 39.0 Å². The highest BCUT2D eigenvalue weighted by molar-refractivity contribution is 7.98. The van der Waals surface area contributed by atoms with Gasteiger partial charge < -0.3 is 0 Å². The summed E-state index contributed by atoms with van der Waals surface area (Å²) in [6, 6.07) is 5.38. The Labute approximate surface area is 200 Å². The smallest absolute Gasteiger partial charge is 0.263 e. The molecule has 0 saturated heterocycles. The van der Waals surface area contributed by atoms with E-state index >= 15 is 0 Å². The van der Waals surface area contributed by atoms with Crippen LogP contribution in [0.25, 0.3) is 15.9 Å². The number of aryl methyl sites for hydroxylation is 2. The van der Waals surface area contributed by atoms with Gasteiger partial charge in [-0.15, -0.1) is 11.3 Å². The number of aromatic nitrogens is 4. The third-order valence-corrected chi connectivity index (χ3v) is 8.31. The van der Waals surface area contributed by atoms with Crippen molar-refractivity contribution in [1.29, 1.82) is 0 Å². The topological polar surface area (TPSA) is 69.3 Å². The molecule has 33 heavy (non-hydrogen) atoms. The van der Waals surface area contributed by atoms with E-state index in [0.29, 0.717) is 40.6 Å². The van der Waals surface area contributed by atoms with Crippen molar-refractivity contribution in [3.8, 4) is 0 Å². The highest BCUT2D eigenvalue weighted by atomic mass is 32.2. The fourth-order valence-electron chi connectivity index (χ4n) is 4.51. The van der Waals surface area contributed by atoms with Gasteiger partial charge in [-0.05, 0) is 61.3 Å². The van der Waals surface area contributed by atoms with Crippen LogP contribution in [0.15, 0.2) is 39.1 Å². The first-order chi connectivity index (χ1) is 15.8.